The number of anilines is 1. The fourth-order valence-corrected chi connectivity index (χ4v) is 3.69. The van der Waals surface area contributed by atoms with E-state index in [-0.39, 0.29) is 12.3 Å². The maximum atomic E-state index is 12.3. The third-order valence-electron chi connectivity index (χ3n) is 4.36. The molecule has 3 aromatic heterocycles. The van der Waals surface area contributed by atoms with E-state index in [9.17, 15) is 4.79 Å². The Balaban J connectivity index is 1.36. The highest BCUT2D eigenvalue weighted by Crippen LogP contribution is 2.31. The van der Waals surface area contributed by atoms with Gasteiger partial charge in [-0.05, 0) is 43.3 Å². The number of pyridine rings is 1. The van der Waals surface area contributed by atoms with Gasteiger partial charge in [0.05, 0.1) is 12.8 Å². The number of ether oxygens (including phenoxy) is 1. The molecule has 0 saturated heterocycles. The van der Waals surface area contributed by atoms with E-state index in [1.807, 2.05) is 37.3 Å². The highest BCUT2D eigenvalue weighted by molar-refractivity contribution is 7.16. The van der Waals surface area contributed by atoms with Crippen LogP contribution in [0.15, 0.2) is 53.3 Å². The fraction of sp³-hybridized carbons (Fsp3) is 0.190. The van der Waals surface area contributed by atoms with Crippen LogP contribution in [0, 0.1) is 6.92 Å². The van der Waals surface area contributed by atoms with Crippen LogP contribution in [0.25, 0.3) is 22.6 Å². The lowest BCUT2D eigenvalue weighted by molar-refractivity contribution is -0.116. The first kappa shape index (κ1) is 19.7. The van der Waals surface area contributed by atoms with Gasteiger partial charge < -0.3 is 14.6 Å². The summed E-state index contributed by atoms with van der Waals surface area (Å²) >= 11 is 1.44. The van der Waals surface area contributed by atoms with E-state index >= 15 is 0 Å². The van der Waals surface area contributed by atoms with Gasteiger partial charge in [0, 0.05) is 41.2 Å². The predicted octanol–water partition coefficient (Wildman–Crippen LogP) is 4.14. The van der Waals surface area contributed by atoms with Gasteiger partial charge in [-0.3, -0.25) is 9.78 Å². The molecule has 0 unspecified atom stereocenters. The average Bonchev–Trinajstić information content (AvgIpc) is 3.39. The molecule has 0 bridgehead atoms. The van der Waals surface area contributed by atoms with Crippen LogP contribution in [0.5, 0.6) is 5.75 Å². The van der Waals surface area contributed by atoms with E-state index < -0.39 is 0 Å². The Morgan fingerprint density at radius 1 is 1.17 bits per heavy atom. The predicted molar refractivity (Wildman–Crippen MR) is 113 cm³/mol. The Morgan fingerprint density at radius 3 is 2.73 bits per heavy atom. The molecule has 0 saturated carbocycles. The molecule has 0 atom stereocenters. The summed E-state index contributed by atoms with van der Waals surface area (Å²) in [5.41, 5.74) is 2.58. The molecule has 1 N–H and O–H groups in total. The Morgan fingerprint density at radius 2 is 2.00 bits per heavy atom. The molecular weight excluding hydrogens is 402 g/mol. The van der Waals surface area contributed by atoms with Crippen molar-refractivity contribution in [2.24, 2.45) is 0 Å². The molecule has 0 radical (unpaired) electrons. The number of rotatable bonds is 7. The Labute approximate surface area is 177 Å². The molecule has 4 aromatic rings. The standard InChI is InChI=1S/C21H19N5O3S/c1-13-19(14-5-7-16(28-2)8-6-14)25-21(30-13)23-17(27)9-10-18-24-20(26-29-18)15-4-3-11-22-12-15/h3-8,11-12H,9-10H2,1-2H3,(H,23,25,27). The molecule has 0 aliphatic heterocycles. The third-order valence-corrected chi connectivity index (χ3v) is 5.25. The summed E-state index contributed by atoms with van der Waals surface area (Å²) in [6.07, 6.45) is 3.89. The maximum absolute atomic E-state index is 12.3. The van der Waals surface area contributed by atoms with Crippen LogP contribution in [0.4, 0.5) is 5.13 Å². The number of nitrogens with one attached hydrogen (secondary N) is 1. The number of nitrogens with zero attached hydrogens (tertiary/aromatic N) is 4. The molecule has 30 heavy (non-hydrogen) atoms. The number of carbonyl (C=O) groups excluding carboxylic acids is 1. The van der Waals surface area contributed by atoms with Crippen LogP contribution in [-0.2, 0) is 11.2 Å². The van der Waals surface area contributed by atoms with Gasteiger partial charge in [-0.15, -0.1) is 11.3 Å². The normalized spacial score (nSPS) is 10.7. The molecular formula is C21H19N5O3S. The zero-order valence-corrected chi connectivity index (χ0v) is 17.3. The highest BCUT2D eigenvalue weighted by atomic mass is 32.1. The van der Waals surface area contributed by atoms with Gasteiger partial charge >= 0.3 is 0 Å². The van der Waals surface area contributed by atoms with Gasteiger partial charge in [0.15, 0.2) is 5.13 Å². The van der Waals surface area contributed by atoms with Gasteiger partial charge in [-0.25, -0.2) is 4.98 Å². The first-order valence-electron chi connectivity index (χ1n) is 9.27. The molecule has 3 heterocycles. The van der Waals surface area contributed by atoms with Crippen molar-refractivity contribution in [2.75, 3.05) is 12.4 Å². The molecule has 152 valence electrons. The van der Waals surface area contributed by atoms with E-state index in [0.717, 1.165) is 27.4 Å². The highest BCUT2D eigenvalue weighted by Gasteiger charge is 2.14. The molecule has 4 rings (SSSR count). The zero-order valence-electron chi connectivity index (χ0n) is 16.5. The maximum Gasteiger partial charge on any atom is 0.227 e. The first-order chi connectivity index (χ1) is 14.6. The molecule has 0 spiro atoms. The lowest BCUT2D eigenvalue weighted by atomic mass is 10.1. The smallest absolute Gasteiger partial charge is 0.227 e. The summed E-state index contributed by atoms with van der Waals surface area (Å²) in [6.45, 7) is 1.98. The van der Waals surface area contributed by atoms with Crippen LogP contribution < -0.4 is 10.1 Å². The minimum absolute atomic E-state index is 0.161. The van der Waals surface area contributed by atoms with Crippen molar-refractivity contribution >= 4 is 22.4 Å². The minimum Gasteiger partial charge on any atom is -0.497 e. The van der Waals surface area contributed by atoms with Crippen LogP contribution in [0.2, 0.25) is 0 Å². The van der Waals surface area contributed by atoms with E-state index in [2.05, 4.69) is 25.4 Å². The van der Waals surface area contributed by atoms with Crippen molar-refractivity contribution in [1.82, 2.24) is 20.1 Å². The van der Waals surface area contributed by atoms with E-state index in [1.165, 1.54) is 11.3 Å². The number of aromatic nitrogens is 4. The van der Waals surface area contributed by atoms with Gasteiger partial charge in [-0.1, -0.05) is 5.16 Å². The van der Waals surface area contributed by atoms with E-state index in [0.29, 0.717) is 23.3 Å². The van der Waals surface area contributed by atoms with E-state index in [4.69, 9.17) is 9.26 Å². The number of methoxy groups -OCH3 is 1. The quantitative estimate of drug-likeness (QED) is 0.478. The summed E-state index contributed by atoms with van der Waals surface area (Å²) < 4.78 is 10.4. The summed E-state index contributed by atoms with van der Waals surface area (Å²) in [5, 5.41) is 7.34. The summed E-state index contributed by atoms with van der Waals surface area (Å²) in [4.78, 5) is 26.3. The van der Waals surface area contributed by atoms with Crippen molar-refractivity contribution in [3.63, 3.8) is 0 Å². The molecule has 0 aliphatic carbocycles. The molecule has 1 aromatic carbocycles. The largest absolute Gasteiger partial charge is 0.497 e. The number of carbonyl (C=O) groups is 1. The van der Waals surface area contributed by atoms with Crippen LogP contribution in [0.3, 0.4) is 0 Å². The van der Waals surface area contributed by atoms with Crippen LogP contribution >= 0.6 is 11.3 Å². The van der Waals surface area contributed by atoms with Gasteiger partial charge in [0.2, 0.25) is 17.6 Å². The van der Waals surface area contributed by atoms with Gasteiger partial charge in [0.1, 0.15) is 5.75 Å². The topological polar surface area (TPSA) is 103 Å². The summed E-state index contributed by atoms with van der Waals surface area (Å²) in [6, 6.07) is 11.3. The minimum atomic E-state index is -0.161. The molecule has 9 heteroatoms. The second-order valence-electron chi connectivity index (χ2n) is 6.45. The lowest BCUT2D eigenvalue weighted by Crippen LogP contribution is -2.12. The third kappa shape index (κ3) is 4.52. The number of benzene rings is 1. The van der Waals surface area contributed by atoms with Crippen molar-refractivity contribution < 1.29 is 14.1 Å². The lowest BCUT2D eigenvalue weighted by Gasteiger charge is -2.02. The van der Waals surface area contributed by atoms with Gasteiger partial charge in [-0.2, -0.15) is 4.98 Å². The molecule has 8 nitrogen and oxygen atoms in total. The van der Waals surface area contributed by atoms with Crippen molar-refractivity contribution in [3.05, 3.63) is 59.6 Å². The van der Waals surface area contributed by atoms with Crippen molar-refractivity contribution in [3.8, 4) is 28.4 Å². The fourth-order valence-electron chi connectivity index (χ4n) is 2.84. The first-order valence-corrected chi connectivity index (χ1v) is 10.1. The Bertz CT molecular complexity index is 1140. The summed E-state index contributed by atoms with van der Waals surface area (Å²) in [5.74, 6) is 1.48. The monoisotopic (exact) mass is 421 g/mol. The van der Waals surface area contributed by atoms with Crippen LogP contribution in [0.1, 0.15) is 17.2 Å². The number of aryl methyl sites for hydroxylation is 2. The Hall–Kier alpha value is -3.59. The molecule has 0 fully saturated rings. The van der Waals surface area contributed by atoms with Crippen molar-refractivity contribution in [1.29, 1.82) is 0 Å². The number of amides is 1. The molecule has 0 aliphatic rings. The number of hydrogen-bond acceptors (Lipinski definition) is 8. The van der Waals surface area contributed by atoms with Gasteiger partial charge in [0.25, 0.3) is 0 Å². The summed E-state index contributed by atoms with van der Waals surface area (Å²) in [7, 11) is 1.63. The Kier molecular flexibility index (Phi) is 5.80. The second kappa shape index (κ2) is 8.83. The van der Waals surface area contributed by atoms with E-state index in [1.54, 1.807) is 25.6 Å². The second-order valence-corrected chi connectivity index (χ2v) is 7.66. The zero-order chi connectivity index (χ0) is 20.9. The average molecular weight is 421 g/mol. The van der Waals surface area contributed by atoms with Crippen LogP contribution in [-0.4, -0.2) is 33.1 Å². The van der Waals surface area contributed by atoms with Crippen molar-refractivity contribution in [2.45, 2.75) is 19.8 Å². The molecule has 1 amide bonds. The number of thiazole rings is 1. The SMILES string of the molecule is COc1ccc(-c2nc(NC(=O)CCc3nc(-c4cccnc4)no3)sc2C)cc1. The number of hydrogen-bond donors (Lipinski definition) is 1.